The van der Waals surface area contributed by atoms with Gasteiger partial charge in [0.1, 0.15) is 6.61 Å². The van der Waals surface area contributed by atoms with Crippen LogP contribution < -0.4 is 5.32 Å². The SMILES string of the molecule is CN(C(=O)C1CN(C(=O)OCc2ccccc2)C1)[C@H]1CCCNC1.Cl. The third kappa shape index (κ3) is 4.86. The number of nitrogens with one attached hydrogen (secondary N) is 1. The maximum absolute atomic E-state index is 12.5. The van der Waals surface area contributed by atoms with Crippen LogP contribution in [0, 0.1) is 5.92 Å². The standard InChI is InChI=1S/C18H25N3O3.ClH/c1-20(16-8-5-9-19-10-16)17(22)15-11-21(12-15)18(23)24-13-14-6-3-2-4-7-14;/h2-4,6-7,15-16,19H,5,8-13H2,1H3;1H/t16-;/m0./s1. The minimum atomic E-state index is -0.343. The van der Waals surface area contributed by atoms with Crippen molar-refractivity contribution in [2.45, 2.75) is 25.5 Å². The summed E-state index contributed by atoms with van der Waals surface area (Å²) in [5, 5.41) is 3.33. The molecule has 2 fully saturated rings. The Morgan fingerprint density at radius 3 is 2.64 bits per heavy atom. The van der Waals surface area contributed by atoms with Crippen molar-refractivity contribution in [3.8, 4) is 0 Å². The van der Waals surface area contributed by atoms with Gasteiger partial charge >= 0.3 is 6.09 Å². The zero-order valence-electron chi connectivity index (χ0n) is 14.5. The summed E-state index contributed by atoms with van der Waals surface area (Å²) in [6.45, 7) is 3.07. The second kappa shape index (κ2) is 9.06. The molecule has 1 N–H and O–H groups in total. The molecule has 138 valence electrons. The van der Waals surface area contributed by atoms with E-state index in [-0.39, 0.29) is 43.0 Å². The number of piperidine rings is 1. The summed E-state index contributed by atoms with van der Waals surface area (Å²) in [7, 11) is 1.87. The number of halogens is 1. The van der Waals surface area contributed by atoms with Crippen LogP contribution in [-0.2, 0) is 16.1 Å². The van der Waals surface area contributed by atoms with Crippen molar-refractivity contribution in [3.05, 3.63) is 35.9 Å². The molecule has 2 heterocycles. The van der Waals surface area contributed by atoms with Crippen LogP contribution >= 0.6 is 12.4 Å². The van der Waals surface area contributed by atoms with E-state index in [1.54, 1.807) is 4.90 Å². The maximum atomic E-state index is 12.5. The van der Waals surface area contributed by atoms with E-state index in [0.29, 0.717) is 13.1 Å². The van der Waals surface area contributed by atoms with Crippen molar-refractivity contribution in [1.82, 2.24) is 15.1 Å². The van der Waals surface area contributed by atoms with Gasteiger partial charge in [-0.3, -0.25) is 4.79 Å². The van der Waals surface area contributed by atoms with E-state index in [2.05, 4.69) is 5.32 Å². The monoisotopic (exact) mass is 367 g/mol. The van der Waals surface area contributed by atoms with Crippen molar-refractivity contribution in [3.63, 3.8) is 0 Å². The molecule has 1 atom stereocenters. The van der Waals surface area contributed by atoms with Crippen LogP contribution in [0.5, 0.6) is 0 Å². The lowest BCUT2D eigenvalue weighted by Gasteiger charge is -2.41. The van der Waals surface area contributed by atoms with Crippen LogP contribution in [0.3, 0.4) is 0 Å². The molecular weight excluding hydrogens is 342 g/mol. The van der Waals surface area contributed by atoms with Crippen molar-refractivity contribution < 1.29 is 14.3 Å². The van der Waals surface area contributed by atoms with Gasteiger partial charge in [0.25, 0.3) is 0 Å². The topological polar surface area (TPSA) is 61.9 Å². The van der Waals surface area contributed by atoms with Crippen molar-refractivity contribution in [2.24, 2.45) is 5.92 Å². The number of rotatable bonds is 4. The molecule has 25 heavy (non-hydrogen) atoms. The molecule has 7 heteroatoms. The molecule has 2 saturated heterocycles. The highest BCUT2D eigenvalue weighted by molar-refractivity contribution is 5.85. The lowest BCUT2D eigenvalue weighted by atomic mass is 9.97. The van der Waals surface area contributed by atoms with Crippen LogP contribution in [0.25, 0.3) is 0 Å². The summed E-state index contributed by atoms with van der Waals surface area (Å²) in [4.78, 5) is 27.9. The zero-order valence-corrected chi connectivity index (χ0v) is 15.3. The molecule has 2 amide bonds. The summed E-state index contributed by atoms with van der Waals surface area (Å²) in [5.41, 5.74) is 0.962. The molecule has 0 spiro atoms. The van der Waals surface area contributed by atoms with Crippen LogP contribution in [0.1, 0.15) is 18.4 Å². The van der Waals surface area contributed by atoms with E-state index in [1.807, 2.05) is 42.3 Å². The largest absolute Gasteiger partial charge is 0.445 e. The summed E-state index contributed by atoms with van der Waals surface area (Å²) in [6.07, 6.45) is 1.81. The van der Waals surface area contributed by atoms with Gasteiger partial charge in [-0.15, -0.1) is 12.4 Å². The number of carbonyl (C=O) groups is 2. The fourth-order valence-corrected chi connectivity index (χ4v) is 3.23. The van der Waals surface area contributed by atoms with Crippen LogP contribution in [0.2, 0.25) is 0 Å². The predicted octanol–water partition coefficient (Wildman–Crippen LogP) is 1.89. The Balaban J connectivity index is 0.00000225. The first kappa shape index (κ1) is 19.5. The second-order valence-corrected chi connectivity index (χ2v) is 6.59. The number of amides is 2. The average Bonchev–Trinajstić information content (AvgIpc) is 2.59. The first-order valence-electron chi connectivity index (χ1n) is 8.58. The van der Waals surface area contributed by atoms with E-state index in [4.69, 9.17) is 4.74 Å². The Morgan fingerprint density at radius 2 is 2.00 bits per heavy atom. The fraction of sp³-hybridized carbons (Fsp3) is 0.556. The first-order chi connectivity index (χ1) is 11.6. The number of likely N-dealkylation sites (tertiary alicyclic amines) is 1. The van der Waals surface area contributed by atoms with Gasteiger partial charge in [0, 0.05) is 32.7 Å². The fourth-order valence-electron chi connectivity index (χ4n) is 3.23. The number of nitrogens with zero attached hydrogens (tertiary/aromatic N) is 2. The molecule has 0 bridgehead atoms. The van der Waals surface area contributed by atoms with Gasteiger partial charge < -0.3 is 19.9 Å². The highest BCUT2D eigenvalue weighted by Gasteiger charge is 2.39. The Morgan fingerprint density at radius 1 is 1.28 bits per heavy atom. The zero-order chi connectivity index (χ0) is 16.9. The molecule has 6 nitrogen and oxygen atoms in total. The van der Waals surface area contributed by atoms with Gasteiger partial charge in [-0.2, -0.15) is 0 Å². The van der Waals surface area contributed by atoms with Crippen LogP contribution in [-0.4, -0.2) is 61.1 Å². The molecule has 0 radical (unpaired) electrons. The Bertz CT molecular complexity index is 572. The summed E-state index contributed by atoms with van der Waals surface area (Å²) >= 11 is 0. The van der Waals surface area contributed by atoms with Gasteiger partial charge in [0.05, 0.1) is 5.92 Å². The highest BCUT2D eigenvalue weighted by atomic mass is 35.5. The van der Waals surface area contributed by atoms with Gasteiger partial charge in [-0.05, 0) is 24.9 Å². The quantitative estimate of drug-likeness (QED) is 0.882. The number of likely N-dealkylation sites (N-methyl/N-ethyl adjacent to an activating group) is 1. The van der Waals surface area contributed by atoms with E-state index in [9.17, 15) is 9.59 Å². The average molecular weight is 368 g/mol. The van der Waals surface area contributed by atoms with Crippen molar-refractivity contribution in [2.75, 3.05) is 33.2 Å². The minimum absolute atomic E-state index is 0. The van der Waals surface area contributed by atoms with E-state index < -0.39 is 0 Å². The van der Waals surface area contributed by atoms with Gasteiger partial charge in [-0.25, -0.2) is 4.79 Å². The van der Waals surface area contributed by atoms with Crippen molar-refractivity contribution in [1.29, 1.82) is 0 Å². The van der Waals surface area contributed by atoms with Crippen molar-refractivity contribution >= 4 is 24.4 Å². The normalized spacial score (nSPS) is 20.2. The first-order valence-corrected chi connectivity index (χ1v) is 8.58. The smallest absolute Gasteiger partial charge is 0.410 e. The number of benzene rings is 1. The van der Waals surface area contributed by atoms with E-state index in [0.717, 1.165) is 31.5 Å². The lowest BCUT2D eigenvalue weighted by molar-refractivity contribution is -0.141. The Kier molecular flexibility index (Phi) is 7.08. The Labute approximate surface area is 154 Å². The molecule has 0 unspecified atom stereocenters. The van der Waals surface area contributed by atoms with E-state index in [1.165, 1.54) is 0 Å². The molecular formula is C18H26ClN3O3. The molecule has 0 aromatic heterocycles. The van der Waals surface area contributed by atoms with Crippen LogP contribution in [0.4, 0.5) is 4.79 Å². The molecule has 1 aromatic carbocycles. The molecule has 3 rings (SSSR count). The summed E-state index contributed by atoms with van der Waals surface area (Å²) < 4.78 is 5.29. The number of carbonyl (C=O) groups excluding carboxylic acids is 2. The molecule has 0 saturated carbocycles. The minimum Gasteiger partial charge on any atom is -0.445 e. The Hall–Kier alpha value is -1.79. The third-order valence-electron chi connectivity index (χ3n) is 4.86. The third-order valence-corrected chi connectivity index (χ3v) is 4.86. The van der Waals surface area contributed by atoms with Gasteiger partial charge in [0.15, 0.2) is 0 Å². The highest BCUT2D eigenvalue weighted by Crippen LogP contribution is 2.21. The molecule has 2 aliphatic heterocycles. The maximum Gasteiger partial charge on any atom is 0.410 e. The molecule has 0 aliphatic carbocycles. The summed E-state index contributed by atoms with van der Waals surface area (Å²) in [6, 6.07) is 9.86. The molecule has 1 aromatic rings. The lowest BCUT2D eigenvalue weighted by Crippen LogP contribution is -2.58. The predicted molar refractivity (Wildman–Crippen MR) is 97.6 cm³/mol. The number of hydrogen-bond acceptors (Lipinski definition) is 4. The summed E-state index contributed by atoms with van der Waals surface area (Å²) in [5.74, 6) is 0.0389. The number of hydrogen-bond donors (Lipinski definition) is 1. The van der Waals surface area contributed by atoms with Crippen LogP contribution in [0.15, 0.2) is 30.3 Å². The van der Waals surface area contributed by atoms with Gasteiger partial charge in [-0.1, -0.05) is 30.3 Å². The number of ether oxygens (including phenoxy) is 1. The molecule has 2 aliphatic rings. The second-order valence-electron chi connectivity index (χ2n) is 6.59. The van der Waals surface area contributed by atoms with Gasteiger partial charge in [0.2, 0.25) is 5.91 Å². The van der Waals surface area contributed by atoms with E-state index >= 15 is 0 Å².